The largest absolute Gasteiger partial charge is 0.497 e. The predicted molar refractivity (Wildman–Crippen MR) is 117 cm³/mol. The lowest BCUT2D eigenvalue weighted by molar-refractivity contribution is -0.120. The zero-order valence-electron chi connectivity index (χ0n) is 17.8. The fourth-order valence-electron chi connectivity index (χ4n) is 4.12. The monoisotopic (exact) mass is 422 g/mol. The Morgan fingerprint density at radius 3 is 2.52 bits per heavy atom. The number of fused-ring (bicyclic) bond motifs is 2. The van der Waals surface area contributed by atoms with Gasteiger partial charge in [-0.25, -0.2) is 4.79 Å². The van der Waals surface area contributed by atoms with Gasteiger partial charge in [0.25, 0.3) is 5.91 Å². The molecule has 8 heteroatoms. The Bertz CT molecular complexity index is 1020. The minimum atomic E-state index is -0.748. The van der Waals surface area contributed by atoms with Gasteiger partial charge in [0.2, 0.25) is 5.91 Å². The molecule has 3 N–H and O–H groups in total. The summed E-state index contributed by atoms with van der Waals surface area (Å²) in [5.74, 6) is 0.237. The van der Waals surface area contributed by atoms with Gasteiger partial charge in [0.05, 0.1) is 24.4 Å². The third kappa shape index (κ3) is 4.05. The van der Waals surface area contributed by atoms with Crippen molar-refractivity contribution < 1.29 is 19.1 Å². The van der Waals surface area contributed by atoms with E-state index in [2.05, 4.69) is 16.0 Å². The van der Waals surface area contributed by atoms with Crippen LogP contribution < -0.4 is 20.7 Å². The molecule has 0 radical (unpaired) electrons. The van der Waals surface area contributed by atoms with Gasteiger partial charge in [-0.2, -0.15) is 0 Å². The number of methoxy groups -OCH3 is 1. The van der Waals surface area contributed by atoms with Gasteiger partial charge in [-0.3, -0.25) is 9.59 Å². The van der Waals surface area contributed by atoms with Gasteiger partial charge in [-0.05, 0) is 55.7 Å². The Kier molecular flexibility index (Phi) is 5.54. The van der Waals surface area contributed by atoms with E-state index in [1.807, 2.05) is 44.2 Å². The summed E-state index contributed by atoms with van der Waals surface area (Å²) in [6, 6.07) is 11.4. The molecule has 0 saturated carbocycles. The molecule has 4 amide bonds. The molecule has 0 spiro atoms. The maximum atomic E-state index is 13.3. The molecule has 0 aromatic heterocycles. The summed E-state index contributed by atoms with van der Waals surface area (Å²) >= 11 is 0. The molecule has 2 aliphatic rings. The average molecular weight is 422 g/mol. The molecule has 0 aliphatic carbocycles. The van der Waals surface area contributed by atoms with Crippen LogP contribution in [0, 0.1) is 0 Å². The smallest absolute Gasteiger partial charge is 0.315 e. The molecular formula is C23H26N4O4. The molecule has 1 fully saturated rings. The van der Waals surface area contributed by atoms with E-state index < -0.39 is 12.1 Å². The zero-order chi connectivity index (χ0) is 22.1. The summed E-state index contributed by atoms with van der Waals surface area (Å²) < 4.78 is 5.20. The molecule has 1 saturated heterocycles. The SMILES string of the molecule is COc1ccc(-c2ccc3c(c2)C(=O)N2CC[C@@H](NC(=O)NC(C)C)[C@H]2C(=O)N3)cc1. The van der Waals surface area contributed by atoms with Crippen LogP contribution in [0.3, 0.4) is 0 Å². The van der Waals surface area contributed by atoms with Gasteiger partial charge in [0.15, 0.2) is 0 Å². The number of nitrogens with one attached hydrogen (secondary N) is 3. The van der Waals surface area contributed by atoms with Crippen molar-refractivity contribution in [1.82, 2.24) is 15.5 Å². The van der Waals surface area contributed by atoms with E-state index in [1.54, 1.807) is 24.1 Å². The summed E-state index contributed by atoms with van der Waals surface area (Å²) in [6.45, 7) is 4.12. The molecule has 2 aromatic carbocycles. The Morgan fingerprint density at radius 2 is 1.84 bits per heavy atom. The van der Waals surface area contributed by atoms with Crippen molar-refractivity contribution in [1.29, 1.82) is 0 Å². The number of hydrogen-bond acceptors (Lipinski definition) is 4. The number of hydrogen-bond donors (Lipinski definition) is 3. The second kappa shape index (κ2) is 8.29. The normalized spacial score (nSPS) is 19.9. The van der Waals surface area contributed by atoms with E-state index in [0.29, 0.717) is 24.2 Å². The summed E-state index contributed by atoms with van der Waals surface area (Å²) in [6.07, 6.45) is 0.517. The topological polar surface area (TPSA) is 99.8 Å². The zero-order valence-corrected chi connectivity index (χ0v) is 17.8. The van der Waals surface area contributed by atoms with Crippen molar-refractivity contribution in [3.8, 4) is 16.9 Å². The molecule has 2 aliphatic heterocycles. The molecule has 0 unspecified atom stereocenters. The number of amides is 4. The molecule has 2 atom stereocenters. The lowest BCUT2D eigenvalue weighted by Gasteiger charge is -2.25. The van der Waals surface area contributed by atoms with Crippen molar-refractivity contribution in [3.63, 3.8) is 0 Å². The number of carbonyl (C=O) groups excluding carboxylic acids is 3. The highest BCUT2D eigenvalue weighted by molar-refractivity contribution is 6.11. The Balaban J connectivity index is 1.61. The van der Waals surface area contributed by atoms with Crippen LogP contribution in [0.1, 0.15) is 30.6 Å². The number of carbonyl (C=O) groups is 3. The molecule has 2 heterocycles. The lowest BCUT2D eigenvalue weighted by atomic mass is 10.0. The van der Waals surface area contributed by atoms with Gasteiger partial charge in [0, 0.05) is 12.6 Å². The summed E-state index contributed by atoms with van der Waals surface area (Å²) in [5, 5.41) is 8.48. The highest BCUT2D eigenvalue weighted by atomic mass is 16.5. The highest BCUT2D eigenvalue weighted by Crippen LogP contribution is 2.32. The van der Waals surface area contributed by atoms with Crippen molar-refractivity contribution in [3.05, 3.63) is 48.0 Å². The number of rotatable bonds is 4. The van der Waals surface area contributed by atoms with Gasteiger partial charge < -0.3 is 25.6 Å². The van der Waals surface area contributed by atoms with E-state index in [1.165, 1.54) is 0 Å². The summed E-state index contributed by atoms with van der Waals surface area (Å²) in [7, 11) is 1.61. The lowest BCUT2D eigenvalue weighted by Crippen LogP contribution is -2.54. The molecule has 162 valence electrons. The van der Waals surface area contributed by atoms with Crippen molar-refractivity contribution in [2.75, 3.05) is 19.0 Å². The first-order valence-corrected chi connectivity index (χ1v) is 10.3. The Labute approximate surface area is 180 Å². The van der Waals surface area contributed by atoms with Crippen molar-refractivity contribution in [2.24, 2.45) is 0 Å². The third-order valence-corrected chi connectivity index (χ3v) is 5.59. The van der Waals surface area contributed by atoms with Crippen LogP contribution in [0.2, 0.25) is 0 Å². The molecule has 0 bridgehead atoms. The van der Waals surface area contributed by atoms with Crippen molar-refractivity contribution >= 4 is 23.5 Å². The second-order valence-corrected chi connectivity index (χ2v) is 8.09. The van der Waals surface area contributed by atoms with Crippen LogP contribution >= 0.6 is 0 Å². The number of ether oxygens (including phenoxy) is 1. The molecular weight excluding hydrogens is 396 g/mol. The van der Waals surface area contributed by atoms with Gasteiger partial charge in [0.1, 0.15) is 11.8 Å². The number of anilines is 1. The fourth-order valence-corrected chi connectivity index (χ4v) is 4.12. The minimum absolute atomic E-state index is 0.0253. The highest BCUT2D eigenvalue weighted by Gasteiger charge is 2.45. The minimum Gasteiger partial charge on any atom is -0.497 e. The van der Waals surface area contributed by atoms with E-state index in [-0.39, 0.29) is 23.9 Å². The van der Waals surface area contributed by atoms with Crippen LogP contribution in [0.4, 0.5) is 10.5 Å². The molecule has 8 nitrogen and oxygen atoms in total. The fraction of sp³-hybridized carbons (Fsp3) is 0.348. The van der Waals surface area contributed by atoms with Gasteiger partial charge in [-0.1, -0.05) is 18.2 Å². The van der Waals surface area contributed by atoms with Crippen LogP contribution in [0.25, 0.3) is 11.1 Å². The third-order valence-electron chi connectivity index (χ3n) is 5.59. The van der Waals surface area contributed by atoms with Gasteiger partial charge in [-0.15, -0.1) is 0 Å². The number of urea groups is 1. The van der Waals surface area contributed by atoms with E-state index in [0.717, 1.165) is 16.9 Å². The van der Waals surface area contributed by atoms with E-state index >= 15 is 0 Å². The van der Waals surface area contributed by atoms with Gasteiger partial charge >= 0.3 is 6.03 Å². The first kappa shape index (κ1) is 20.7. The molecule has 31 heavy (non-hydrogen) atoms. The number of benzene rings is 2. The van der Waals surface area contributed by atoms with Crippen LogP contribution in [0.15, 0.2) is 42.5 Å². The predicted octanol–water partition coefficient (Wildman–Crippen LogP) is 2.61. The van der Waals surface area contributed by atoms with E-state index in [9.17, 15) is 14.4 Å². The Hall–Kier alpha value is -3.55. The molecule has 4 rings (SSSR count). The first-order chi connectivity index (χ1) is 14.9. The van der Waals surface area contributed by atoms with Crippen LogP contribution in [0.5, 0.6) is 5.75 Å². The van der Waals surface area contributed by atoms with E-state index in [4.69, 9.17) is 4.74 Å². The number of nitrogens with zero attached hydrogens (tertiary/aromatic N) is 1. The Morgan fingerprint density at radius 1 is 1.13 bits per heavy atom. The maximum absolute atomic E-state index is 13.3. The standard InChI is InChI=1S/C23H26N4O4/c1-13(2)24-23(30)26-19-10-11-27-20(19)21(28)25-18-9-6-15(12-17(18)22(27)29)14-4-7-16(31-3)8-5-14/h4-9,12-13,19-20H,10-11H2,1-3H3,(H,25,28)(H2,24,26,30)/t19-,20+/m1/s1. The maximum Gasteiger partial charge on any atom is 0.315 e. The average Bonchev–Trinajstić information content (AvgIpc) is 3.12. The van der Waals surface area contributed by atoms with Crippen LogP contribution in [-0.2, 0) is 4.79 Å². The first-order valence-electron chi connectivity index (χ1n) is 10.3. The summed E-state index contributed by atoms with van der Waals surface area (Å²) in [4.78, 5) is 40.0. The van der Waals surface area contributed by atoms with Crippen LogP contribution in [-0.4, -0.2) is 54.5 Å². The quantitative estimate of drug-likeness (QED) is 0.705. The second-order valence-electron chi connectivity index (χ2n) is 8.09. The van der Waals surface area contributed by atoms with Crippen molar-refractivity contribution in [2.45, 2.75) is 38.4 Å². The molecule has 2 aromatic rings. The summed E-state index contributed by atoms with van der Waals surface area (Å²) in [5.41, 5.74) is 2.73.